The summed E-state index contributed by atoms with van der Waals surface area (Å²) in [5, 5.41) is 3.29. The molecule has 1 N–H and O–H groups in total. The predicted molar refractivity (Wildman–Crippen MR) is 92.1 cm³/mol. The van der Waals surface area contributed by atoms with Crippen molar-refractivity contribution in [1.82, 2.24) is 5.32 Å². The van der Waals surface area contributed by atoms with Crippen LogP contribution < -0.4 is 10.7 Å². The number of carbonyl (C=O) groups is 1. The molecule has 1 aliphatic rings. The lowest BCUT2D eigenvalue weighted by molar-refractivity contribution is 0.0922. The highest BCUT2D eigenvalue weighted by atomic mass is 19.1. The lowest BCUT2D eigenvalue weighted by Gasteiger charge is -2.16. The van der Waals surface area contributed by atoms with Gasteiger partial charge in [-0.3, -0.25) is 9.59 Å². The number of fused-ring (bicyclic) bond motifs is 1. The molecule has 0 unspecified atom stereocenters. The van der Waals surface area contributed by atoms with E-state index < -0.39 is 5.91 Å². The van der Waals surface area contributed by atoms with Gasteiger partial charge in [0.2, 0.25) is 0 Å². The third kappa shape index (κ3) is 2.93. The van der Waals surface area contributed by atoms with Crippen molar-refractivity contribution in [2.75, 3.05) is 6.54 Å². The zero-order chi connectivity index (χ0) is 17.4. The Morgan fingerprint density at radius 1 is 1.12 bits per heavy atom. The number of hydrogen-bond donors (Lipinski definition) is 1. The molecule has 1 aliphatic carbocycles. The van der Waals surface area contributed by atoms with Crippen LogP contribution in [0.4, 0.5) is 4.39 Å². The third-order valence-electron chi connectivity index (χ3n) is 4.76. The predicted octanol–water partition coefficient (Wildman–Crippen LogP) is 3.39. The summed E-state index contributed by atoms with van der Waals surface area (Å²) in [6.07, 6.45) is 1.86. The minimum Gasteiger partial charge on any atom is -0.451 e. The highest BCUT2D eigenvalue weighted by Gasteiger charge is 2.44. The lowest BCUT2D eigenvalue weighted by Crippen LogP contribution is -2.32. The summed E-state index contributed by atoms with van der Waals surface area (Å²) >= 11 is 0. The standard InChI is InChI=1S/C20H16FNO3/c21-14-7-5-13(6-8-14)20(9-10-20)12-22-19(24)18-11-16(23)15-3-1-2-4-17(15)25-18/h1-8,11H,9-10,12H2,(H,22,24). The van der Waals surface area contributed by atoms with E-state index in [4.69, 9.17) is 4.42 Å². The van der Waals surface area contributed by atoms with Gasteiger partial charge in [0.05, 0.1) is 5.39 Å². The highest BCUT2D eigenvalue weighted by molar-refractivity contribution is 5.93. The number of para-hydroxylation sites is 1. The molecule has 126 valence electrons. The molecular formula is C20H16FNO3. The van der Waals surface area contributed by atoms with Gasteiger partial charge in [-0.15, -0.1) is 0 Å². The topological polar surface area (TPSA) is 59.3 Å². The van der Waals surface area contributed by atoms with E-state index in [-0.39, 0.29) is 22.4 Å². The summed E-state index contributed by atoms with van der Waals surface area (Å²) in [6, 6.07) is 14.4. The van der Waals surface area contributed by atoms with E-state index >= 15 is 0 Å². The van der Waals surface area contributed by atoms with E-state index in [1.807, 2.05) is 0 Å². The molecule has 0 spiro atoms. The number of nitrogens with one attached hydrogen (secondary N) is 1. The van der Waals surface area contributed by atoms with Crippen LogP contribution in [0.2, 0.25) is 0 Å². The molecule has 1 amide bonds. The quantitative estimate of drug-likeness (QED) is 0.794. The Labute approximate surface area is 143 Å². The van der Waals surface area contributed by atoms with E-state index in [9.17, 15) is 14.0 Å². The van der Waals surface area contributed by atoms with Gasteiger partial charge in [-0.1, -0.05) is 24.3 Å². The molecule has 1 heterocycles. The molecule has 2 aromatic carbocycles. The summed E-state index contributed by atoms with van der Waals surface area (Å²) in [6.45, 7) is 0.425. The molecule has 1 fully saturated rings. The summed E-state index contributed by atoms with van der Waals surface area (Å²) in [7, 11) is 0. The molecule has 4 rings (SSSR count). The van der Waals surface area contributed by atoms with Crippen molar-refractivity contribution in [2.45, 2.75) is 18.3 Å². The van der Waals surface area contributed by atoms with Crippen LogP contribution in [0.25, 0.3) is 11.0 Å². The Hall–Kier alpha value is -2.95. The van der Waals surface area contributed by atoms with E-state index in [2.05, 4.69) is 5.32 Å². The Morgan fingerprint density at radius 2 is 1.84 bits per heavy atom. The molecule has 0 radical (unpaired) electrons. The van der Waals surface area contributed by atoms with Crippen molar-refractivity contribution < 1.29 is 13.6 Å². The van der Waals surface area contributed by atoms with Gasteiger partial charge in [-0.05, 0) is 42.7 Å². The summed E-state index contributed by atoms with van der Waals surface area (Å²) in [5.74, 6) is -0.698. The Morgan fingerprint density at radius 3 is 2.56 bits per heavy atom. The molecular weight excluding hydrogens is 321 g/mol. The Bertz CT molecular complexity index is 1000. The number of hydrogen-bond acceptors (Lipinski definition) is 3. The SMILES string of the molecule is O=C(NCC1(c2ccc(F)cc2)CC1)c1cc(=O)c2ccccc2o1. The number of carbonyl (C=O) groups excluding carboxylic acids is 1. The van der Waals surface area contributed by atoms with Crippen molar-refractivity contribution in [3.8, 4) is 0 Å². The highest BCUT2D eigenvalue weighted by Crippen LogP contribution is 2.47. The largest absolute Gasteiger partial charge is 0.451 e. The van der Waals surface area contributed by atoms with E-state index in [1.165, 1.54) is 18.2 Å². The monoisotopic (exact) mass is 337 g/mol. The first kappa shape index (κ1) is 15.6. The van der Waals surface area contributed by atoms with Crippen LogP contribution in [-0.2, 0) is 5.41 Å². The number of halogens is 1. The maximum Gasteiger partial charge on any atom is 0.287 e. The van der Waals surface area contributed by atoms with Gasteiger partial charge in [0.1, 0.15) is 11.4 Å². The smallest absolute Gasteiger partial charge is 0.287 e. The zero-order valence-electron chi connectivity index (χ0n) is 13.4. The molecule has 1 saturated carbocycles. The second-order valence-electron chi connectivity index (χ2n) is 6.44. The Balaban J connectivity index is 1.53. The molecule has 5 heteroatoms. The van der Waals surface area contributed by atoms with Crippen LogP contribution in [0.5, 0.6) is 0 Å². The van der Waals surface area contributed by atoms with Gasteiger partial charge in [-0.25, -0.2) is 4.39 Å². The molecule has 0 aliphatic heterocycles. The molecule has 0 atom stereocenters. The van der Waals surface area contributed by atoms with Crippen LogP contribution in [0.3, 0.4) is 0 Å². The minimum absolute atomic E-state index is 0.00129. The molecule has 0 saturated heterocycles. The average Bonchev–Trinajstić information content (AvgIpc) is 3.41. The first-order chi connectivity index (χ1) is 12.1. The lowest BCUT2D eigenvalue weighted by atomic mass is 9.96. The van der Waals surface area contributed by atoms with E-state index in [0.29, 0.717) is 17.5 Å². The number of benzene rings is 2. The maximum atomic E-state index is 13.1. The first-order valence-corrected chi connectivity index (χ1v) is 8.15. The second-order valence-corrected chi connectivity index (χ2v) is 6.44. The number of amides is 1. The average molecular weight is 337 g/mol. The van der Waals surface area contributed by atoms with E-state index in [0.717, 1.165) is 18.4 Å². The van der Waals surface area contributed by atoms with Crippen molar-refractivity contribution in [1.29, 1.82) is 0 Å². The van der Waals surface area contributed by atoms with Crippen LogP contribution in [-0.4, -0.2) is 12.5 Å². The van der Waals surface area contributed by atoms with Gasteiger partial charge in [0.15, 0.2) is 11.2 Å². The third-order valence-corrected chi connectivity index (χ3v) is 4.76. The first-order valence-electron chi connectivity index (χ1n) is 8.15. The maximum absolute atomic E-state index is 13.1. The van der Waals surface area contributed by atoms with Gasteiger partial charge in [0.25, 0.3) is 5.91 Å². The zero-order valence-corrected chi connectivity index (χ0v) is 13.4. The van der Waals surface area contributed by atoms with Crippen molar-refractivity contribution in [3.63, 3.8) is 0 Å². The normalized spacial score (nSPS) is 15.1. The van der Waals surface area contributed by atoms with E-state index in [1.54, 1.807) is 36.4 Å². The fourth-order valence-electron chi connectivity index (χ4n) is 3.07. The molecule has 25 heavy (non-hydrogen) atoms. The Kier molecular flexibility index (Phi) is 3.64. The van der Waals surface area contributed by atoms with Crippen molar-refractivity contribution in [3.05, 3.63) is 82.0 Å². The van der Waals surface area contributed by atoms with Gasteiger partial charge in [-0.2, -0.15) is 0 Å². The van der Waals surface area contributed by atoms with Crippen LogP contribution in [0.1, 0.15) is 29.0 Å². The molecule has 4 nitrogen and oxygen atoms in total. The second kappa shape index (κ2) is 5.84. The van der Waals surface area contributed by atoms with Crippen LogP contribution in [0.15, 0.2) is 63.8 Å². The van der Waals surface area contributed by atoms with Gasteiger partial charge < -0.3 is 9.73 Å². The summed E-state index contributed by atoms with van der Waals surface area (Å²) in [5.41, 5.74) is 1.00. The van der Waals surface area contributed by atoms with Crippen LogP contribution >= 0.6 is 0 Å². The summed E-state index contributed by atoms with van der Waals surface area (Å²) < 4.78 is 18.6. The van der Waals surface area contributed by atoms with Crippen molar-refractivity contribution in [2.24, 2.45) is 0 Å². The number of rotatable bonds is 4. The minimum atomic E-state index is -0.420. The molecule has 1 aromatic heterocycles. The fraction of sp³-hybridized carbons (Fsp3) is 0.200. The van der Waals surface area contributed by atoms with Crippen LogP contribution in [0, 0.1) is 5.82 Å². The molecule has 0 bridgehead atoms. The fourth-order valence-corrected chi connectivity index (χ4v) is 3.07. The van der Waals surface area contributed by atoms with Gasteiger partial charge in [0, 0.05) is 18.0 Å². The summed E-state index contributed by atoms with van der Waals surface area (Å²) in [4.78, 5) is 24.5. The van der Waals surface area contributed by atoms with Crippen molar-refractivity contribution >= 4 is 16.9 Å². The molecule has 3 aromatic rings. The van der Waals surface area contributed by atoms with Gasteiger partial charge >= 0.3 is 0 Å².